The molecule has 6 nitrogen and oxygen atoms in total. The predicted molar refractivity (Wildman–Crippen MR) is 96.8 cm³/mol. The number of methoxy groups -OCH3 is 1. The van der Waals surface area contributed by atoms with Gasteiger partial charge in [-0.3, -0.25) is 9.10 Å². The standard InChI is InChI=1S/C17H28N2O4S/c1-7-16(17(20)18-13(4)12(2)3)19(24(6,21)22)14-9-8-10-15(11-14)23-5/h8-13,16H,7H2,1-6H3,(H,18,20)/t13-,16+/m0/s1. The number of sulfonamides is 1. The van der Waals surface area contributed by atoms with Gasteiger partial charge in [0.1, 0.15) is 11.8 Å². The first kappa shape index (κ1) is 20.3. The van der Waals surface area contributed by atoms with E-state index in [4.69, 9.17) is 4.74 Å². The van der Waals surface area contributed by atoms with Crippen LogP contribution in [-0.2, 0) is 14.8 Å². The van der Waals surface area contributed by atoms with E-state index in [1.807, 2.05) is 20.8 Å². The number of nitrogens with one attached hydrogen (secondary N) is 1. The molecule has 1 N–H and O–H groups in total. The smallest absolute Gasteiger partial charge is 0.244 e. The zero-order valence-corrected chi connectivity index (χ0v) is 16.1. The molecule has 2 atom stereocenters. The molecule has 7 heteroatoms. The third kappa shape index (κ3) is 5.12. The maximum atomic E-state index is 12.7. The minimum absolute atomic E-state index is 0.0433. The van der Waals surface area contributed by atoms with Crippen LogP contribution in [-0.4, -0.2) is 39.8 Å². The molecule has 0 heterocycles. The molecular weight excluding hydrogens is 328 g/mol. The van der Waals surface area contributed by atoms with Gasteiger partial charge < -0.3 is 10.1 Å². The summed E-state index contributed by atoms with van der Waals surface area (Å²) in [6, 6.07) is 5.85. The molecule has 1 aromatic carbocycles. The van der Waals surface area contributed by atoms with Crippen molar-refractivity contribution in [3.05, 3.63) is 24.3 Å². The highest BCUT2D eigenvalue weighted by Gasteiger charge is 2.32. The Bertz CT molecular complexity index is 658. The van der Waals surface area contributed by atoms with Crippen LogP contribution in [0.2, 0.25) is 0 Å². The number of anilines is 1. The van der Waals surface area contributed by atoms with Gasteiger partial charge >= 0.3 is 0 Å². The minimum Gasteiger partial charge on any atom is -0.497 e. The van der Waals surface area contributed by atoms with Crippen LogP contribution in [0.4, 0.5) is 5.69 Å². The van der Waals surface area contributed by atoms with E-state index in [0.717, 1.165) is 10.6 Å². The minimum atomic E-state index is -3.64. The third-order valence-corrected chi connectivity index (χ3v) is 5.19. The van der Waals surface area contributed by atoms with E-state index in [1.165, 1.54) is 7.11 Å². The average molecular weight is 356 g/mol. The van der Waals surface area contributed by atoms with Gasteiger partial charge in [-0.2, -0.15) is 0 Å². The van der Waals surface area contributed by atoms with E-state index >= 15 is 0 Å². The number of rotatable bonds is 8. The lowest BCUT2D eigenvalue weighted by Crippen LogP contribution is -2.51. The Morgan fingerprint density at radius 1 is 1.29 bits per heavy atom. The number of hydrogen-bond donors (Lipinski definition) is 1. The first-order chi connectivity index (χ1) is 11.1. The molecule has 0 aliphatic carbocycles. The third-order valence-electron chi connectivity index (χ3n) is 4.01. The molecule has 0 aromatic heterocycles. The molecule has 0 spiro atoms. The maximum absolute atomic E-state index is 12.7. The van der Waals surface area contributed by atoms with Gasteiger partial charge in [-0.15, -0.1) is 0 Å². The summed E-state index contributed by atoms with van der Waals surface area (Å²) in [6.07, 6.45) is 1.47. The fourth-order valence-corrected chi connectivity index (χ4v) is 3.50. The first-order valence-corrected chi connectivity index (χ1v) is 9.90. The van der Waals surface area contributed by atoms with E-state index in [1.54, 1.807) is 31.2 Å². The summed E-state index contributed by atoms with van der Waals surface area (Å²) in [5, 5.41) is 2.90. The van der Waals surface area contributed by atoms with Crippen molar-refractivity contribution in [1.82, 2.24) is 5.32 Å². The van der Waals surface area contributed by atoms with Crippen LogP contribution in [0.5, 0.6) is 5.75 Å². The van der Waals surface area contributed by atoms with Gasteiger partial charge in [0.15, 0.2) is 0 Å². The summed E-state index contributed by atoms with van der Waals surface area (Å²) in [4.78, 5) is 12.7. The van der Waals surface area contributed by atoms with Gasteiger partial charge in [0.05, 0.1) is 19.1 Å². The van der Waals surface area contributed by atoms with Crippen molar-refractivity contribution in [2.24, 2.45) is 5.92 Å². The van der Waals surface area contributed by atoms with Crippen LogP contribution in [0.15, 0.2) is 24.3 Å². The molecule has 0 fully saturated rings. The summed E-state index contributed by atoms with van der Waals surface area (Å²) in [5.41, 5.74) is 0.413. The quantitative estimate of drug-likeness (QED) is 0.776. The summed E-state index contributed by atoms with van der Waals surface area (Å²) >= 11 is 0. The van der Waals surface area contributed by atoms with Crippen molar-refractivity contribution in [1.29, 1.82) is 0 Å². The second-order valence-electron chi connectivity index (χ2n) is 6.23. The van der Waals surface area contributed by atoms with E-state index in [2.05, 4.69) is 5.32 Å². The number of ether oxygens (including phenoxy) is 1. The van der Waals surface area contributed by atoms with Crippen LogP contribution >= 0.6 is 0 Å². The summed E-state index contributed by atoms with van der Waals surface area (Å²) in [5.74, 6) is 0.494. The molecule has 0 aliphatic heterocycles. The van der Waals surface area contributed by atoms with E-state index in [-0.39, 0.29) is 17.9 Å². The van der Waals surface area contributed by atoms with Crippen LogP contribution in [0.25, 0.3) is 0 Å². The highest BCUT2D eigenvalue weighted by Crippen LogP contribution is 2.26. The molecule has 0 saturated heterocycles. The van der Waals surface area contributed by atoms with Crippen LogP contribution in [0.3, 0.4) is 0 Å². The normalized spacial score (nSPS) is 14.1. The Labute approximate surface area is 145 Å². The van der Waals surface area contributed by atoms with Gasteiger partial charge in [0.2, 0.25) is 15.9 Å². The molecule has 0 saturated carbocycles. The molecule has 0 aliphatic rings. The van der Waals surface area contributed by atoms with Crippen LogP contribution in [0, 0.1) is 5.92 Å². The summed E-state index contributed by atoms with van der Waals surface area (Å²) in [6.45, 7) is 7.71. The van der Waals surface area contributed by atoms with Gasteiger partial charge in [0.25, 0.3) is 0 Å². The molecule has 1 rings (SSSR count). The van der Waals surface area contributed by atoms with Gasteiger partial charge in [-0.25, -0.2) is 8.42 Å². The SMILES string of the molecule is CC[C@H](C(=O)N[C@@H](C)C(C)C)N(c1cccc(OC)c1)S(C)(=O)=O. The topological polar surface area (TPSA) is 75.7 Å². The average Bonchev–Trinajstić information content (AvgIpc) is 2.50. The Balaban J connectivity index is 3.24. The number of carbonyl (C=O) groups excluding carboxylic acids is 1. The number of amides is 1. The highest BCUT2D eigenvalue weighted by molar-refractivity contribution is 7.92. The largest absolute Gasteiger partial charge is 0.497 e. The Hall–Kier alpha value is -1.76. The van der Waals surface area contributed by atoms with E-state index < -0.39 is 16.1 Å². The van der Waals surface area contributed by atoms with Crippen molar-refractivity contribution < 1.29 is 17.9 Å². The number of nitrogens with zero attached hydrogens (tertiary/aromatic N) is 1. The lowest BCUT2D eigenvalue weighted by atomic mass is 10.1. The highest BCUT2D eigenvalue weighted by atomic mass is 32.2. The molecule has 0 bridgehead atoms. The Kier molecular flexibility index (Phi) is 7.08. The van der Waals surface area contributed by atoms with Gasteiger partial charge in [-0.05, 0) is 31.4 Å². The van der Waals surface area contributed by atoms with Gasteiger partial charge in [0, 0.05) is 12.1 Å². The van der Waals surface area contributed by atoms with Crippen LogP contribution < -0.4 is 14.4 Å². The Morgan fingerprint density at radius 3 is 2.38 bits per heavy atom. The van der Waals surface area contributed by atoms with Crippen molar-refractivity contribution in [3.63, 3.8) is 0 Å². The number of benzene rings is 1. The van der Waals surface area contributed by atoms with Crippen molar-refractivity contribution in [2.75, 3.05) is 17.7 Å². The second-order valence-corrected chi connectivity index (χ2v) is 8.09. The summed E-state index contributed by atoms with van der Waals surface area (Å²) < 4.78 is 31.1. The molecule has 0 radical (unpaired) electrons. The first-order valence-electron chi connectivity index (χ1n) is 8.05. The fraction of sp³-hybridized carbons (Fsp3) is 0.588. The van der Waals surface area contributed by atoms with Crippen LogP contribution in [0.1, 0.15) is 34.1 Å². The van der Waals surface area contributed by atoms with Crippen molar-refractivity contribution in [2.45, 2.75) is 46.2 Å². The zero-order chi connectivity index (χ0) is 18.5. The second kappa shape index (κ2) is 8.37. The summed E-state index contributed by atoms with van der Waals surface area (Å²) in [7, 11) is -2.13. The van der Waals surface area contributed by atoms with E-state index in [9.17, 15) is 13.2 Å². The lowest BCUT2D eigenvalue weighted by molar-refractivity contribution is -0.123. The Morgan fingerprint density at radius 2 is 1.92 bits per heavy atom. The molecule has 1 aromatic rings. The zero-order valence-electron chi connectivity index (χ0n) is 15.2. The molecule has 1 amide bonds. The monoisotopic (exact) mass is 356 g/mol. The molecule has 136 valence electrons. The lowest BCUT2D eigenvalue weighted by Gasteiger charge is -2.31. The maximum Gasteiger partial charge on any atom is 0.244 e. The number of hydrogen-bond acceptors (Lipinski definition) is 4. The molecular formula is C17H28N2O4S. The van der Waals surface area contributed by atoms with Crippen molar-refractivity contribution >= 4 is 21.6 Å². The van der Waals surface area contributed by atoms with E-state index in [0.29, 0.717) is 17.9 Å². The fourth-order valence-electron chi connectivity index (χ4n) is 2.30. The molecule has 0 unspecified atom stereocenters. The number of carbonyl (C=O) groups is 1. The van der Waals surface area contributed by atoms with Crippen molar-refractivity contribution in [3.8, 4) is 5.75 Å². The molecule has 24 heavy (non-hydrogen) atoms. The van der Waals surface area contributed by atoms with Gasteiger partial charge in [-0.1, -0.05) is 26.8 Å². The predicted octanol–water partition coefficient (Wildman–Crippen LogP) is 2.40.